The summed E-state index contributed by atoms with van der Waals surface area (Å²) in [5.74, 6) is -1.75. The van der Waals surface area contributed by atoms with Crippen LogP contribution in [0.4, 0.5) is 0 Å². The smallest absolute Gasteiger partial charge is 0.247 e. The minimum absolute atomic E-state index is 0.0530. The normalized spacial score (nSPS) is 35.2. The van der Waals surface area contributed by atoms with Gasteiger partial charge < -0.3 is 19.8 Å². The summed E-state index contributed by atoms with van der Waals surface area (Å²) in [6, 6.07) is 7.81. The van der Waals surface area contributed by atoms with Gasteiger partial charge in [0, 0.05) is 30.9 Å². The van der Waals surface area contributed by atoms with Crippen LogP contribution in [-0.2, 0) is 14.4 Å². The number of benzene rings is 1. The number of hydrogen-bond donors (Lipinski definition) is 1. The average molecular weight is 496 g/mol. The standard InChI is InChI=1S/C27H33N3O4S/c1-17(2)29-15-9-13-27-21(20-23(32)28(4)14-8-12-26(20,3)35-27)24(33)30(22(27)25(29)34)19(16-31)18-10-6-5-7-11-18/h5-13,17,19-22,31H,14-16H2,1-4H3/t19-,20-,21+,22?,26+,27+/m1/s1. The summed E-state index contributed by atoms with van der Waals surface area (Å²) in [5.41, 5.74) is 0.771. The second kappa shape index (κ2) is 8.52. The Hall–Kier alpha value is -2.58. The van der Waals surface area contributed by atoms with Crippen LogP contribution in [0.1, 0.15) is 32.4 Å². The van der Waals surface area contributed by atoms with E-state index < -0.39 is 33.4 Å². The fourth-order valence-electron chi connectivity index (χ4n) is 6.43. The molecule has 1 unspecified atom stereocenters. The van der Waals surface area contributed by atoms with Gasteiger partial charge >= 0.3 is 0 Å². The van der Waals surface area contributed by atoms with Crippen molar-refractivity contribution in [3.05, 3.63) is 60.2 Å². The maximum Gasteiger partial charge on any atom is 0.247 e. The lowest BCUT2D eigenvalue weighted by Gasteiger charge is -2.40. The molecule has 0 radical (unpaired) electrons. The third-order valence-electron chi connectivity index (χ3n) is 8.04. The number of aliphatic hydroxyl groups is 1. The number of thioether (sulfide) groups is 1. The zero-order valence-corrected chi connectivity index (χ0v) is 21.4. The molecule has 4 aliphatic rings. The maximum atomic E-state index is 14.4. The van der Waals surface area contributed by atoms with Crippen LogP contribution in [0, 0.1) is 11.8 Å². The largest absolute Gasteiger partial charge is 0.394 e. The second-order valence-corrected chi connectivity index (χ2v) is 12.3. The Morgan fingerprint density at radius 3 is 2.34 bits per heavy atom. The summed E-state index contributed by atoms with van der Waals surface area (Å²) in [6.45, 7) is 6.58. The number of likely N-dealkylation sites (tertiary alicyclic amines) is 1. The zero-order chi connectivity index (χ0) is 25.1. The highest BCUT2D eigenvalue weighted by Gasteiger charge is 2.74. The van der Waals surface area contributed by atoms with Gasteiger partial charge in [0.2, 0.25) is 17.7 Å². The van der Waals surface area contributed by atoms with E-state index in [1.54, 1.807) is 33.5 Å². The van der Waals surface area contributed by atoms with Gasteiger partial charge in [-0.05, 0) is 26.3 Å². The molecule has 2 saturated heterocycles. The predicted octanol–water partition coefficient (Wildman–Crippen LogP) is 2.24. The molecule has 0 aliphatic carbocycles. The number of nitrogens with zero attached hydrogens (tertiary/aromatic N) is 3. The number of aliphatic hydroxyl groups excluding tert-OH is 1. The molecule has 7 nitrogen and oxygen atoms in total. The van der Waals surface area contributed by atoms with E-state index >= 15 is 0 Å². The third-order valence-corrected chi connectivity index (χ3v) is 9.84. The molecule has 4 heterocycles. The zero-order valence-electron chi connectivity index (χ0n) is 20.6. The Morgan fingerprint density at radius 2 is 1.69 bits per heavy atom. The van der Waals surface area contributed by atoms with Crippen molar-refractivity contribution in [3.63, 3.8) is 0 Å². The molecule has 6 atom stereocenters. The molecule has 1 spiro atoms. The van der Waals surface area contributed by atoms with Crippen molar-refractivity contribution >= 4 is 29.5 Å². The predicted molar refractivity (Wildman–Crippen MR) is 135 cm³/mol. The molecular formula is C27H33N3O4S. The van der Waals surface area contributed by atoms with Gasteiger partial charge in [0.05, 0.1) is 29.2 Å². The fraction of sp³-hybridized carbons (Fsp3) is 0.519. The Balaban J connectivity index is 1.72. The van der Waals surface area contributed by atoms with Gasteiger partial charge in [-0.1, -0.05) is 54.6 Å². The van der Waals surface area contributed by atoms with Crippen molar-refractivity contribution in [2.24, 2.45) is 11.8 Å². The van der Waals surface area contributed by atoms with E-state index in [9.17, 15) is 19.5 Å². The molecule has 4 aliphatic heterocycles. The van der Waals surface area contributed by atoms with Crippen molar-refractivity contribution in [2.75, 3.05) is 26.7 Å². The first-order valence-corrected chi connectivity index (χ1v) is 13.1. The van der Waals surface area contributed by atoms with Crippen LogP contribution < -0.4 is 0 Å². The van der Waals surface area contributed by atoms with Gasteiger partial charge in [0.1, 0.15) is 6.04 Å². The lowest BCUT2D eigenvalue weighted by molar-refractivity contribution is -0.147. The molecule has 1 N–H and O–H groups in total. The van der Waals surface area contributed by atoms with Crippen molar-refractivity contribution in [2.45, 2.75) is 48.4 Å². The Bertz CT molecular complexity index is 1100. The summed E-state index contributed by atoms with van der Waals surface area (Å²) in [7, 11) is 1.76. The second-order valence-electron chi connectivity index (χ2n) is 10.5. The Kier molecular flexibility index (Phi) is 5.87. The number of amides is 3. The van der Waals surface area contributed by atoms with Crippen molar-refractivity contribution < 1.29 is 19.5 Å². The molecule has 3 amide bonds. The van der Waals surface area contributed by atoms with E-state index in [0.29, 0.717) is 13.1 Å². The van der Waals surface area contributed by atoms with Crippen molar-refractivity contribution in [1.29, 1.82) is 0 Å². The van der Waals surface area contributed by atoms with Crippen LogP contribution in [0.5, 0.6) is 0 Å². The van der Waals surface area contributed by atoms with Crippen LogP contribution in [0.15, 0.2) is 54.6 Å². The molecule has 0 saturated carbocycles. The van der Waals surface area contributed by atoms with Gasteiger partial charge in [-0.2, -0.15) is 0 Å². The van der Waals surface area contributed by atoms with Crippen LogP contribution in [0.25, 0.3) is 0 Å². The minimum atomic E-state index is -0.905. The molecule has 1 aromatic carbocycles. The first kappa shape index (κ1) is 24.1. The summed E-state index contributed by atoms with van der Waals surface area (Å²) in [5, 5.41) is 10.5. The van der Waals surface area contributed by atoms with Crippen LogP contribution in [0.2, 0.25) is 0 Å². The first-order valence-electron chi connectivity index (χ1n) is 12.3. The van der Waals surface area contributed by atoms with E-state index in [-0.39, 0.29) is 30.4 Å². The summed E-state index contributed by atoms with van der Waals surface area (Å²) in [6.07, 6.45) is 8.04. The van der Waals surface area contributed by atoms with E-state index in [1.165, 1.54) is 0 Å². The maximum absolute atomic E-state index is 14.4. The fourth-order valence-corrected chi connectivity index (χ4v) is 8.57. The van der Waals surface area contributed by atoms with Crippen LogP contribution in [0.3, 0.4) is 0 Å². The monoisotopic (exact) mass is 495 g/mol. The third kappa shape index (κ3) is 3.40. The molecule has 0 aromatic heterocycles. The Labute approximate surface area is 210 Å². The number of carbonyl (C=O) groups is 3. The number of hydrogen-bond acceptors (Lipinski definition) is 5. The van der Waals surface area contributed by atoms with Crippen molar-refractivity contribution in [3.8, 4) is 0 Å². The SMILES string of the molecule is CC(C)N1CC=C[C@]23S[C@@]4(C)C=CCN(C)C(=O)[C@H]4[C@H]2C(=O)N([C@H](CO)c2ccccc2)C3C1=O. The van der Waals surface area contributed by atoms with Crippen LogP contribution >= 0.6 is 11.8 Å². The summed E-state index contributed by atoms with van der Waals surface area (Å²) < 4.78 is -1.52. The van der Waals surface area contributed by atoms with Gasteiger partial charge in [-0.25, -0.2) is 0 Å². The summed E-state index contributed by atoms with van der Waals surface area (Å²) >= 11 is 1.57. The first-order chi connectivity index (χ1) is 16.7. The number of fused-ring (bicyclic) bond motifs is 2. The quantitative estimate of drug-likeness (QED) is 0.648. The van der Waals surface area contributed by atoms with E-state index in [0.717, 1.165) is 5.56 Å². The van der Waals surface area contributed by atoms with E-state index in [1.807, 2.05) is 69.3 Å². The van der Waals surface area contributed by atoms with Gasteiger partial charge in [-0.15, -0.1) is 11.8 Å². The Morgan fingerprint density at radius 1 is 1.00 bits per heavy atom. The molecular weight excluding hydrogens is 462 g/mol. The molecule has 186 valence electrons. The number of likely N-dealkylation sites (N-methyl/N-ethyl adjacent to an activating group) is 1. The van der Waals surface area contributed by atoms with E-state index in [4.69, 9.17) is 0 Å². The number of carbonyl (C=O) groups excluding carboxylic acids is 3. The van der Waals surface area contributed by atoms with Crippen molar-refractivity contribution in [1.82, 2.24) is 14.7 Å². The number of rotatable bonds is 4. The minimum Gasteiger partial charge on any atom is -0.394 e. The van der Waals surface area contributed by atoms with Gasteiger partial charge in [0.25, 0.3) is 0 Å². The highest BCUT2D eigenvalue weighted by molar-refractivity contribution is 8.02. The molecule has 5 rings (SSSR count). The highest BCUT2D eigenvalue weighted by Crippen LogP contribution is 2.66. The van der Waals surface area contributed by atoms with Gasteiger partial charge in [0.15, 0.2) is 0 Å². The lowest BCUT2D eigenvalue weighted by Crippen LogP contribution is -2.55. The molecule has 2 fully saturated rings. The van der Waals surface area contributed by atoms with Crippen LogP contribution in [-0.4, -0.2) is 85.8 Å². The molecule has 8 heteroatoms. The molecule has 0 bridgehead atoms. The van der Waals surface area contributed by atoms with E-state index in [2.05, 4.69) is 6.08 Å². The molecule has 1 aromatic rings. The average Bonchev–Trinajstić information content (AvgIpc) is 3.10. The molecule has 35 heavy (non-hydrogen) atoms. The topological polar surface area (TPSA) is 81.2 Å². The highest BCUT2D eigenvalue weighted by atomic mass is 32.2. The lowest BCUT2D eigenvalue weighted by atomic mass is 9.74. The van der Waals surface area contributed by atoms with Gasteiger partial charge in [-0.3, -0.25) is 14.4 Å². The summed E-state index contributed by atoms with van der Waals surface area (Å²) in [4.78, 5) is 47.4.